The summed E-state index contributed by atoms with van der Waals surface area (Å²) in [5.41, 5.74) is 0.105. The number of ether oxygens (including phenoxy) is 1. The molecule has 2 amide bonds. The monoisotopic (exact) mass is 291 g/mol. The number of carbonyl (C=O) groups excluding carboxylic acids is 1. The number of hydrogen-bond acceptors (Lipinski definition) is 4. The van der Waals surface area contributed by atoms with E-state index in [1.54, 1.807) is 20.0 Å². The van der Waals surface area contributed by atoms with Crippen molar-refractivity contribution in [3.63, 3.8) is 0 Å². The van der Waals surface area contributed by atoms with Gasteiger partial charge in [-0.25, -0.2) is 9.59 Å². The number of nitrogens with one attached hydrogen (secondary N) is 1. The van der Waals surface area contributed by atoms with Crippen molar-refractivity contribution in [1.29, 1.82) is 5.26 Å². The normalized spacial score (nSPS) is 11.1. The number of nitrogens with zero attached hydrogens (tertiary/aromatic N) is 2. The van der Waals surface area contributed by atoms with E-state index in [4.69, 9.17) is 15.1 Å². The number of aromatic carboxylic acids is 1. The first-order valence-corrected chi connectivity index (χ1v) is 6.22. The molecule has 0 aliphatic carbocycles. The van der Waals surface area contributed by atoms with Crippen LogP contribution in [0, 0.1) is 11.3 Å². The number of amides is 2. The zero-order valence-electron chi connectivity index (χ0n) is 12.1. The molecule has 1 aromatic rings. The molecule has 0 aromatic heterocycles. The van der Waals surface area contributed by atoms with Crippen LogP contribution in [-0.4, -0.2) is 42.2 Å². The lowest BCUT2D eigenvalue weighted by Gasteiger charge is -2.23. The van der Waals surface area contributed by atoms with Gasteiger partial charge < -0.3 is 20.1 Å². The first kappa shape index (κ1) is 16.3. The molecule has 2 N–H and O–H groups in total. The molecular weight excluding hydrogens is 274 g/mol. The maximum atomic E-state index is 12.0. The summed E-state index contributed by atoms with van der Waals surface area (Å²) in [6.45, 7) is 1.73. The molecule has 21 heavy (non-hydrogen) atoms. The van der Waals surface area contributed by atoms with Crippen molar-refractivity contribution in [2.45, 2.75) is 19.4 Å². The predicted molar refractivity (Wildman–Crippen MR) is 76.4 cm³/mol. The van der Waals surface area contributed by atoms with E-state index in [1.165, 1.54) is 24.1 Å². The highest BCUT2D eigenvalue weighted by Crippen LogP contribution is 2.22. The highest BCUT2D eigenvalue weighted by atomic mass is 16.5. The van der Waals surface area contributed by atoms with Gasteiger partial charge in [-0.15, -0.1) is 0 Å². The second kappa shape index (κ2) is 7.14. The van der Waals surface area contributed by atoms with Crippen LogP contribution in [0.4, 0.5) is 10.5 Å². The van der Waals surface area contributed by atoms with Gasteiger partial charge in [0.05, 0.1) is 30.9 Å². The lowest BCUT2D eigenvalue weighted by atomic mass is 10.1. The van der Waals surface area contributed by atoms with Crippen molar-refractivity contribution in [3.05, 3.63) is 23.8 Å². The van der Waals surface area contributed by atoms with Gasteiger partial charge in [0, 0.05) is 13.1 Å². The van der Waals surface area contributed by atoms with Gasteiger partial charge in [0.25, 0.3) is 0 Å². The third-order valence-electron chi connectivity index (χ3n) is 3.07. The van der Waals surface area contributed by atoms with Gasteiger partial charge in [0.2, 0.25) is 0 Å². The Morgan fingerprint density at radius 3 is 2.71 bits per heavy atom. The van der Waals surface area contributed by atoms with E-state index in [-0.39, 0.29) is 23.7 Å². The SMILES string of the molecule is COc1ccc(NC(=O)N(C)C(C)CC#N)c(C(=O)O)c1. The molecule has 7 heteroatoms. The van der Waals surface area contributed by atoms with Crippen molar-refractivity contribution >= 4 is 17.7 Å². The molecule has 1 rings (SSSR count). The fourth-order valence-electron chi connectivity index (χ4n) is 1.61. The van der Waals surface area contributed by atoms with Gasteiger partial charge in [-0.3, -0.25) is 0 Å². The minimum atomic E-state index is -1.17. The van der Waals surface area contributed by atoms with Crippen LogP contribution in [0.2, 0.25) is 0 Å². The zero-order chi connectivity index (χ0) is 16.0. The number of hydrogen-bond donors (Lipinski definition) is 2. The molecule has 0 saturated carbocycles. The van der Waals surface area contributed by atoms with Gasteiger partial charge >= 0.3 is 12.0 Å². The molecule has 0 aliphatic heterocycles. The Bertz CT molecular complexity index is 580. The number of urea groups is 1. The topological polar surface area (TPSA) is 103 Å². The summed E-state index contributed by atoms with van der Waals surface area (Å²) in [6, 6.07) is 5.57. The van der Waals surface area contributed by atoms with E-state index in [1.807, 2.05) is 6.07 Å². The average molecular weight is 291 g/mol. The summed E-state index contributed by atoms with van der Waals surface area (Å²) < 4.78 is 4.96. The van der Waals surface area contributed by atoms with Gasteiger partial charge in [-0.2, -0.15) is 5.26 Å². The van der Waals surface area contributed by atoms with E-state index < -0.39 is 12.0 Å². The predicted octanol–water partition coefficient (Wildman–Crippen LogP) is 2.16. The highest BCUT2D eigenvalue weighted by Gasteiger charge is 2.19. The Labute approximate surface area is 122 Å². The number of nitriles is 1. The number of benzene rings is 1. The maximum absolute atomic E-state index is 12.0. The summed E-state index contributed by atoms with van der Waals surface area (Å²) in [4.78, 5) is 24.6. The van der Waals surface area contributed by atoms with Gasteiger partial charge in [-0.05, 0) is 25.1 Å². The Kier molecular flexibility index (Phi) is 5.55. The van der Waals surface area contributed by atoms with Gasteiger partial charge in [0.1, 0.15) is 5.75 Å². The van der Waals surface area contributed by atoms with Crippen molar-refractivity contribution < 1.29 is 19.4 Å². The number of anilines is 1. The molecule has 0 saturated heterocycles. The number of rotatable bonds is 5. The molecule has 1 aromatic carbocycles. The molecule has 0 bridgehead atoms. The van der Waals surface area contributed by atoms with Crippen LogP contribution in [0.15, 0.2) is 18.2 Å². The van der Waals surface area contributed by atoms with E-state index in [9.17, 15) is 9.59 Å². The Hall–Kier alpha value is -2.75. The first-order valence-electron chi connectivity index (χ1n) is 6.22. The first-order chi connectivity index (χ1) is 9.90. The number of carbonyl (C=O) groups is 2. The number of carboxylic acid groups (broad SMARTS) is 1. The summed E-state index contributed by atoms with van der Waals surface area (Å²) in [6.07, 6.45) is 0.193. The maximum Gasteiger partial charge on any atom is 0.337 e. The third kappa shape index (κ3) is 4.11. The zero-order valence-corrected chi connectivity index (χ0v) is 12.1. The van der Waals surface area contributed by atoms with Crippen LogP contribution in [0.1, 0.15) is 23.7 Å². The fourth-order valence-corrected chi connectivity index (χ4v) is 1.61. The van der Waals surface area contributed by atoms with Crippen LogP contribution in [0.5, 0.6) is 5.75 Å². The summed E-state index contributed by atoms with van der Waals surface area (Å²) >= 11 is 0. The number of methoxy groups -OCH3 is 1. The standard InChI is InChI=1S/C14H17N3O4/c1-9(6-7-15)17(2)14(20)16-12-5-4-10(21-3)8-11(12)13(18)19/h4-5,8-9H,6H2,1-3H3,(H,16,20)(H,18,19). The number of carboxylic acids is 1. The van der Waals surface area contributed by atoms with Gasteiger partial charge in [0.15, 0.2) is 0 Å². The second-order valence-electron chi connectivity index (χ2n) is 4.47. The average Bonchev–Trinajstić information content (AvgIpc) is 2.46. The molecule has 7 nitrogen and oxygen atoms in total. The largest absolute Gasteiger partial charge is 0.497 e. The minimum Gasteiger partial charge on any atom is -0.497 e. The third-order valence-corrected chi connectivity index (χ3v) is 3.07. The van der Waals surface area contributed by atoms with E-state index in [0.717, 1.165) is 0 Å². The van der Waals surface area contributed by atoms with Crippen molar-refractivity contribution in [2.24, 2.45) is 0 Å². The molecule has 0 aliphatic rings. The van der Waals surface area contributed by atoms with Crippen LogP contribution in [-0.2, 0) is 0 Å². The quantitative estimate of drug-likeness (QED) is 0.865. The second-order valence-corrected chi connectivity index (χ2v) is 4.47. The molecule has 1 unspecified atom stereocenters. The Morgan fingerprint density at radius 2 is 2.19 bits per heavy atom. The Morgan fingerprint density at radius 1 is 1.52 bits per heavy atom. The minimum absolute atomic E-state index is 0.0657. The summed E-state index contributed by atoms with van der Waals surface area (Å²) in [7, 11) is 2.97. The van der Waals surface area contributed by atoms with Gasteiger partial charge in [-0.1, -0.05) is 0 Å². The van der Waals surface area contributed by atoms with Crippen molar-refractivity contribution in [1.82, 2.24) is 4.90 Å². The highest BCUT2D eigenvalue weighted by molar-refractivity contribution is 6.00. The van der Waals surface area contributed by atoms with Crippen LogP contribution < -0.4 is 10.1 Å². The molecule has 112 valence electrons. The van der Waals surface area contributed by atoms with Crippen LogP contribution in [0.25, 0.3) is 0 Å². The summed E-state index contributed by atoms with van der Waals surface area (Å²) in [5.74, 6) is -0.784. The molecule has 0 spiro atoms. The molecule has 0 heterocycles. The van der Waals surface area contributed by atoms with E-state index in [0.29, 0.717) is 5.75 Å². The van der Waals surface area contributed by atoms with Crippen molar-refractivity contribution in [2.75, 3.05) is 19.5 Å². The smallest absolute Gasteiger partial charge is 0.337 e. The Balaban J connectivity index is 2.95. The molecule has 0 radical (unpaired) electrons. The van der Waals surface area contributed by atoms with E-state index in [2.05, 4.69) is 5.32 Å². The van der Waals surface area contributed by atoms with Crippen molar-refractivity contribution in [3.8, 4) is 11.8 Å². The lowest BCUT2D eigenvalue weighted by molar-refractivity contribution is 0.0697. The molecule has 0 fully saturated rings. The van der Waals surface area contributed by atoms with Crippen LogP contribution in [0.3, 0.4) is 0 Å². The molecular formula is C14H17N3O4. The summed E-state index contributed by atoms with van der Waals surface area (Å²) in [5, 5.41) is 20.3. The molecule has 1 atom stereocenters. The van der Waals surface area contributed by atoms with Crippen LogP contribution >= 0.6 is 0 Å². The lowest BCUT2D eigenvalue weighted by Crippen LogP contribution is -2.38. The fraction of sp³-hybridized carbons (Fsp3) is 0.357. The van der Waals surface area contributed by atoms with E-state index >= 15 is 0 Å².